The van der Waals surface area contributed by atoms with Crippen molar-refractivity contribution in [2.75, 3.05) is 20.7 Å². The molecule has 0 aromatic rings. The zero-order valence-corrected chi connectivity index (χ0v) is 6.96. The second-order valence-corrected chi connectivity index (χ2v) is 2.73. The summed E-state index contributed by atoms with van der Waals surface area (Å²) in [6.45, 7) is 1.03. The quantitative estimate of drug-likeness (QED) is 0.524. The first kappa shape index (κ1) is 8.11. The van der Waals surface area contributed by atoms with Gasteiger partial charge in [0.25, 0.3) is 0 Å². The molecule has 0 spiro atoms. The maximum absolute atomic E-state index is 11.0. The summed E-state index contributed by atoms with van der Waals surface area (Å²) >= 11 is 0. The fourth-order valence-electron chi connectivity index (χ4n) is 1.20. The SMILES string of the molecule is COC(=O)C1=CN(C)CCC1. The molecule has 0 fully saturated rings. The number of hydrogen-bond donors (Lipinski definition) is 0. The summed E-state index contributed by atoms with van der Waals surface area (Å²) in [5.74, 6) is -0.198. The molecule has 0 amide bonds. The second-order valence-electron chi connectivity index (χ2n) is 2.73. The summed E-state index contributed by atoms with van der Waals surface area (Å²) < 4.78 is 4.60. The van der Waals surface area contributed by atoms with Gasteiger partial charge in [-0.15, -0.1) is 0 Å². The van der Waals surface area contributed by atoms with Crippen LogP contribution in [0.2, 0.25) is 0 Å². The largest absolute Gasteiger partial charge is 0.466 e. The van der Waals surface area contributed by atoms with Crippen molar-refractivity contribution >= 4 is 5.97 Å². The minimum Gasteiger partial charge on any atom is -0.466 e. The van der Waals surface area contributed by atoms with Gasteiger partial charge in [-0.1, -0.05) is 0 Å². The van der Waals surface area contributed by atoms with Crippen LogP contribution in [0.15, 0.2) is 11.8 Å². The summed E-state index contributed by atoms with van der Waals surface area (Å²) in [5.41, 5.74) is 0.779. The van der Waals surface area contributed by atoms with Crippen LogP contribution in [-0.2, 0) is 9.53 Å². The zero-order chi connectivity index (χ0) is 8.27. The van der Waals surface area contributed by atoms with Crippen molar-refractivity contribution < 1.29 is 9.53 Å². The van der Waals surface area contributed by atoms with E-state index in [1.807, 2.05) is 18.1 Å². The Morgan fingerprint density at radius 1 is 1.73 bits per heavy atom. The second kappa shape index (κ2) is 3.42. The van der Waals surface area contributed by atoms with Gasteiger partial charge >= 0.3 is 5.97 Å². The fourth-order valence-corrected chi connectivity index (χ4v) is 1.20. The van der Waals surface area contributed by atoms with Crippen LogP contribution in [0.25, 0.3) is 0 Å². The summed E-state index contributed by atoms with van der Waals surface area (Å²) in [6.07, 6.45) is 3.74. The van der Waals surface area contributed by atoms with Crippen molar-refractivity contribution in [3.05, 3.63) is 11.8 Å². The smallest absolute Gasteiger partial charge is 0.335 e. The van der Waals surface area contributed by atoms with Gasteiger partial charge in [0.15, 0.2) is 0 Å². The highest BCUT2D eigenvalue weighted by Crippen LogP contribution is 2.13. The van der Waals surface area contributed by atoms with Crippen molar-refractivity contribution in [3.8, 4) is 0 Å². The topological polar surface area (TPSA) is 29.5 Å². The molecule has 0 atom stereocenters. The van der Waals surface area contributed by atoms with E-state index in [2.05, 4.69) is 4.74 Å². The molecule has 0 N–H and O–H groups in total. The Kier molecular flexibility index (Phi) is 2.52. The molecule has 0 unspecified atom stereocenters. The predicted molar refractivity (Wildman–Crippen MR) is 42.0 cm³/mol. The lowest BCUT2D eigenvalue weighted by molar-refractivity contribution is -0.136. The fraction of sp³-hybridized carbons (Fsp3) is 0.625. The molecule has 1 aliphatic heterocycles. The monoisotopic (exact) mass is 155 g/mol. The number of esters is 1. The van der Waals surface area contributed by atoms with E-state index in [1.165, 1.54) is 7.11 Å². The molecular formula is C8H13NO2. The average Bonchev–Trinajstić information content (AvgIpc) is 2.03. The van der Waals surface area contributed by atoms with Crippen molar-refractivity contribution in [3.63, 3.8) is 0 Å². The molecule has 0 saturated heterocycles. The Morgan fingerprint density at radius 3 is 3.00 bits per heavy atom. The number of rotatable bonds is 1. The van der Waals surface area contributed by atoms with Gasteiger partial charge in [0.1, 0.15) is 0 Å². The molecule has 0 aromatic carbocycles. The zero-order valence-electron chi connectivity index (χ0n) is 6.96. The standard InChI is InChI=1S/C8H13NO2/c1-9-5-3-4-7(6-9)8(10)11-2/h6H,3-5H2,1-2H3. The van der Waals surface area contributed by atoms with E-state index in [4.69, 9.17) is 0 Å². The Hall–Kier alpha value is -0.990. The van der Waals surface area contributed by atoms with Crippen molar-refractivity contribution in [1.82, 2.24) is 4.90 Å². The van der Waals surface area contributed by atoms with Gasteiger partial charge in [-0.25, -0.2) is 4.79 Å². The first-order valence-electron chi connectivity index (χ1n) is 3.73. The Morgan fingerprint density at radius 2 is 2.45 bits per heavy atom. The maximum atomic E-state index is 11.0. The maximum Gasteiger partial charge on any atom is 0.335 e. The lowest BCUT2D eigenvalue weighted by atomic mass is 10.1. The average molecular weight is 155 g/mol. The normalized spacial score (nSPS) is 17.6. The Bertz CT molecular complexity index is 187. The highest BCUT2D eigenvalue weighted by Gasteiger charge is 2.13. The number of methoxy groups -OCH3 is 1. The van der Waals surface area contributed by atoms with Crippen molar-refractivity contribution in [2.45, 2.75) is 12.8 Å². The van der Waals surface area contributed by atoms with Crippen LogP contribution in [0.4, 0.5) is 0 Å². The number of nitrogens with zero attached hydrogens (tertiary/aromatic N) is 1. The van der Waals surface area contributed by atoms with E-state index in [0.717, 1.165) is 25.0 Å². The molecule has 11 heavy (non-hydrogen) atoms. The molecule has 1 heterocycles. The number of carbonyl (C=O) groups is 1. The lowest BCUT2D eigenvalue weighted by Gasteiger charge is -2.20. The molecule has 0 aliphatic carbocycles. The summed E-state index contributed by atoms with van der Waals surface area (Å²) in [7, 11) is 3.37. The highest BCUT2D eigenvalue weighted by atomic mass is 16.5. The third-order valence-electron chi connectivity index (χ3n) is 1.78. The summed E-state index contributed by atoms with van der Waals surface area (Å²) in [6, 6.07) is 0. The van der Waals surface area contributed by atoms with E-state index < -0.39 is 0 Å². The molecule has 1 aliphatic rings. The number of ether oxygens (including phenoxy) is 1. The summed E-state index contributed by atoms with van der Waals surface area (Å²) in [5, 5.41) is 0. The highest BCUT2D eigenvalue weighted by molar-refractivity contribution is 5.88. The van der Waals surface area contributed by atoms with E-state index >= 15 is 0 Å². The van der Waals surface area contributed by atoms with Crippen LogP contribution in [-0.4, -0.2) is 31.6 Å². The Balaban J connectivity index is 2.63. The van der Waals surface area contributed by atoms with E-state index in [-0.39, 0.29) is 5.97 Å². The molecule has 0 saturated carbocycles. The van der Waals surface area contributed by atoms with Gasteiger partial charge < -0.3 is 9.64 Å². The number of hydrogen-bond acceptors (Lipinski definition) is 3. The third kappa shape index (κ3) is 1.97. The molecular weight excluding hydrogens is 142 g/mol. The van der Waals surface area contributed by atoms with Crippen LogP contribution in [0.1, 0.15) is 12.8 Å². The van der Waals surface area contributed by atoms with Crippen LogP contribution < -0.4 is 0 Å². The first-order chi connectivity index (χ1) is 5.24. The van der Waals surface area contributed by atoms with E-state index in [0.29, 0.717) is 0 Å². The van der Waals surface area contributed by atoms with E-state index in [9.17, 15) is 4.79 Å². The van der Waals surface area contributed by atoms with Crippen LogP contribution >= 0.6 is 0 Å². The van der Waals surface area contributed by atoms with Crippen molar-refractivity contribution in [1.29, 1.82) is 0 Å². The van der Waals surface area contributed by atoms with Crippen LogP contribution in [0.5, 0.6) is 0 Å². The third-order valence-corrected chi connectivity index (χ3v) is 1.78. The first-order valence-corrected chi connectivity index (χ1v) is 3.73. The minimum atomic E-state index is -0.198. The van der Waals surface area contributed by atoms with Gasteiger partial charge in [-0.3, -0.25) is 0 Å². The molecule has 3 nitrogen and oxygen atoms in total. The van der Waals surface area contributed by atoms with Gasteiger partial charge in [0, 0.05) is 19.8 Å². The predicted octanol–water partition coefficient (Wildman–Crippen LogP) is 0.769. The Labute approximate surface area is 66.6 Å². The number of carbonyl (C=O) groups excluding carboxylic acids is 1. The molecule has 0 aromatic heterocycles. The molecule has 3 heteroatoms. The van der Waals surface area contributed by atoms with Gasteiger partial charge in [-0.2, -0.15) is 0 Å². The van der Waals surface area contributed by atoms with Gasteiger partial charge in [0.2, 0.25) is 0 Å². The van der Waals surface area contributed by atoms with Crippen LogP contribution in [0, 0.1) is 0 Å². The van der Waals surface area contributed by atoms with Gasteiger partial charge in [0.05, 0.1) is 12.7 Å². The summed E-state index contributed by atoms with van der Waals surface area (Å²) in [4.78, 5) is 13.0. The van der Waals surface area contributed by atoms with E-state index in [1.54, 1.807) is 0 Å². The molecule has 0 radical (unpaired) electrons. The molecule has 0 bridgehead atoms. The lowest BCUT2D eigenvalue weighted by Crippen LogP contribution is -2.21. The van der Waals surface area contributed by atoms with Crippen molar-refractivity contribution in [2.24, 2.45) is 0 Å². The minimum absolute atomic E-state index is 0.198. The van der Waals surface area contributed by atoms with Gasteiger partial charge in [-0.05, 0) is 12.8 Å². The molecule has 1 rings (SSSR count). The molecule has 62 valence electrons. The van der Waals surface area contributed by atoms with Crippen LogP contribution in [0.3, 0.4) is 0 Å².